The normalized spacial score (nSPS) is 13.6. The van der Waals surface area contributed by atoms with Crippen LogP contribution >= 0.6 is 0 Å². The van der Waals surface area contributed by atoms with Crippen molar-refractivity contribution in [3.63, 3.8) is 0 Å². The number of aromatic nitrogens is 3. The first kappa shape index (κ1) is 18.5. The van der Waals surface area contributed by atoms with Crippen molar-refractivity contribution in [1.29, 1.82) is 0 Å². The van der Waals surface area contributed by atoms with Gasteiger partial charge in [0.05, 0.1) is 11.0 Å². The number of hydrogen-bond acceptors (Lipinski definition) is 4. The second kappa shape index (κ2) is 8.42. The lowest BCUT2D eigenvalue weighted by molar-refractivity contribution is 0.0949. The minimum atomic E-state index is -0.138. The maximum absolute atomic E-state index is 12.6. The first-order valence-electron chi connectivity index (χ1n) is 10.2. The second-order valence-corrected chi connectivity index (χ2v) is 7.48. The van der Waals surface area contributed by atoms with Crippen LogP contribution in [-0.4, -0.2) is 40.5 Å². The average Bonchev–Trinajstić information content (AvgIpc) is 3.44. The fourth-order valence-corrected chi connectivity index (χ4v) is 3.42. The van der Waals surface area contributed by atoms with Gasteiger partial charge in [-0.2, -0.15) is 0 Å². The topological polar surface area (TPSA) is 73.9 Å². The molecule has 0 saturated heterocycles. The molecule has 0 unspecified atom stereocenters. The zero-order valence-corrected chi connectivity index (χ0v) is 16.3. The van der Waals surface area contributed by atoms with E-state index in [-0.39, 0.29) is 5.91 Å². The summed E-state index contributed by atoms with van der Waals surface area (Å²) < 4.78 is 0. The Hall–Kier alpha value is -2.89. The summed E-state index contributed by atoms with van der Waals surface area (Å²) in [6.45, 7) is 4.71. The number of H-pyrrole nitrogens is 1. The fourth-order valence-electron chi connectivity index (χ4n) is 3.42. The number of carbonyl (C=O) groups is 1. The Balaban J connectivity index is 1.36. The lowest BCUT2D eigenvalue weighted by Gasteiger charge is -2.23. The number of pyridine rings is 1. The molecule has 1 fully saturated rings. The van der Waals surface area contributed by atoms with E-state index in [0.29, 0.717) is 18.7 Å². The molecular weight excluding hydrogens is 350 g/mol. The minimum Gasteiger partial charge on any atom is -0.356 e. The number of para-hydroxylation sites is 2. The third-order valence-corrected chi connectivity index (χ3v) is 5.05. The molecule has 28 heavy (non-hydrogen) atoms. The molecule has 2 aromatic heterocycles. The lowest BCUT2D eigenvalue weighted by Crippen LogP contribution is -2.30. The summed E-state index contributed by atoms with van der Waals surface area (Å²) in [5, 5.41) is 2.96. The van der Waals surface area contributed by atoms with Gasteiger partial charge in [-0.3, -0.25) is 4.79 Å². The highest BCUT2D eigenvalue weighted by atomic mass is 16.1. The quantitative estimate of drug-likeness (QED) is 0.598. The van der Waals surface area contributed by atoms with Crippen LogP contribution in [0.2, 0.25) is 0 Å². The predicted octanol–water partition coefficient (Wildman–Crippen LogP) is 3.56. The fraction of sp³-hybridized carbons (Fsp3) is 0.409. The SMILES string of the molecule is CCCN(CC1CC1)c1cccc(C(=O)NCCc2nc3ccccc3[nH]2)n1. The number of imidazole rings is 1. The van der Waals surface area contributed by atoms with Gasteiger partial charge in [0, 0.05) is 26.1 Å². The van der Waals surface area contributed by atoms with E-state index in [9.17, 15) is 4.79 Å². The molecule has 0 atom stereocenters. The predicted molar refractivity (Wildman–Crippen MR) is 112 cm³/mol. The molecule has 1 aliphatic carbocycles. The molecule has 0 bridgehead atoms. The largest absolute Gasteiger partial charge is 0.356 e. The molecular formula is C22H27N5O. The molecule has 1 saturated carbocycles. The van der Waals surface area contributed by atoms with Gasteiger partial charge < -0.3 is 15.2 Å². The first-order valence-corrected chi connectivity index (χ1v) is 10.2. The highest BCUT2D eigenvalue weighted by molar-refractivity contribution is 5.92. The highest BCUT2D eigenvalue weighted by Gasteiger charge is 2.25. The molecule has 1 aromatic carbocycles. The van der Waals surface area contributed by atoms with Crippen LogP contribution in [0.4, 0.5) is 5.82 Å². The van der Waals surface area contributed by atoms with Crippen LogP contribution in [0.25, 0.3) is 11.0 Å². The summed E-state index contributed by atoms with van der Waals surface area (Å²) in [7, 11) is 0. The zero-order chi connectivity index (χ0) is 19.3. The molecule has 2 N–H and O–H groups in total. The Morgan fingerprint density at radius 2 is 2.04 bits per heavy atom. The van der Waals surface area contributed by atoms with E-state index in [2.05, 4.69) is 32.1 Å². The molecule has 3 aromatic rings. The summed E-state index contributed by atoms with van der Waals surface area (Å²) in [5.41, 5.74) is 2.44. The number of fused-ring (bicyclic) bond motifs is 1. The number of carbonyl (C=O) groups excluding carboxylic acids is 1. The van der Waals surface area contributed by atoms with Crippen molar-refractivity contribution in [3.8, 4) is 0 Å². The van der Waals surface area contributed by atoms with Gasteiger partial charge in [-0.25, -0.2) is 9.97 Å². The molecule has 1 amide bonds. The van der Waals surface area contributed by atoms with Crippen LogP contribution in [-0.2, 0) is 6.42 Å². The Kier molecular flexibility index (Phi) is 5.55. The van der Waals surface area contributed by atoms with Crippen LogP contribution in [0.3, 0.4) is 0 Å². The summed E-state index contributed by atoms with van der Waals surface area (Å²) in [5.74, 6) is 2.43. The van der Waals surface area contributed by atoms with E-state index in [1.807, 2.05) is 36.4 Å². The van der Waals surface area contributed by atoms with Gasteiger partial charge in [-0.1, -0.05) is 25.1 Å². The number of benzene rings is 1. The number of nitrogens with zero attached hydrogens (tertiary/aromatic N) is 3. The molecule has 146 valence electrons. The van der Waals surface area contributed by atoms with Crippen LogP contribution < -0.4 is 10.2 Å². The maximum atomic E-state index is 12.6. The standard InChI is InChI=1S/C22H27N5O/c1-2-14-27(15-16-10-11-16)21-9-5-8-19(26-21)22(28)23-13-12-20-24-17-6-3-4-7-18(17)25-20/h3-9,16H,2,10-15H2,1H3,(H,23,28)(H,24,25). The van der Waals surface area contributed by atoms with E-state index in [0.717, 1.165) is 48.1 Å². The molecule has 0 radical (unpaired) electrons. The van der Waals surface area contributed by atoms with Gasteiger partial charge in [-0.05, 0) is 49.4 Å². The van der Waals surface area contributed by atoms with Crippen molar-refractivity contribution >= 4 is 22.8 Å². The lowest BCUT2D eigenvalue weighted by atomic mass is 10.2. The van der Waals surface area contributed by atoms with Crippen molar-refractivity contribution < 1.29 is 4.79 Å². The Labute approximate surface area is 165 Å². The summed E-state index contributed by atoms with van der Waals surface area (Å²) >= 11 is 0. The third-order valence-electron chi connectivity index (χ3n) is 5.05. The highest BCUT2D eigenvalue weighted by Crippen LogP contribution is 2.31. The average molecular weight is 377 g/mol. The molecule has 2 heterocycles. The smallest absolute Gasteiger partial charge is 0.269 e. The van der Waals surface area contributed by atoms with Crippen molar-refractivity contribution in [1.82, 2.24) is 20.3 Å². The van der Waals surface area contributed by atoms with E-state index in [1.54, 1.807) is 6.07 Å². The summed E-state index contributed by atoms with van der Waals surface area (Å²) in [6, 6.07) is 13.6. The van der Waals surface area contributed by atoms with Gasteiger partial charge in [0.2, 0.25) is 0 Å². The molecule has 6 heteroatoms. The second-order valence-electron chi connectivity index (χ2n) is 7.48. The van der Waals surface area contributed by atoms with E-state index in [4.69, 9.17) is 0 Å². The Morgan fingerprint density at radius 3 is 2.82 bits per heavy atom. The Bertz CT molecular complexity index is 914. The van der Waals surface area contributed by atoms with Gasteiger partial charge in [0.15, 0.2) is 0 Å². The van der Waals surface area contributed by atoms with Gasteiger partial charge in [0.25, 0.3) is 5.91 Å². The van der Waals surface area contributed by atoms with E-state index >= 15 is 0 Å². The van der Waals surface area contributed by atoms with Crippen molar-refractivity contribution in [2.24, 2.45) is 5.92 Å². The van der Waals surface area contributed by atoms with Gasteiger partial charge >= 0.3 is 0 Å². The minimum absolute atomic E-state index is 0.138. The van der Waals surface area contributed by atoms with Gasteiger partial charge in [-0.15, -0.1) is 0 Å². The first-order chi connectivity index (χ1) is 13.7. The number of amides is 1. The number of rotatable bonds is 9. The summed E-state index contributed by atoms with van der Waals surface area (Å²) in [6.07, 6.45) is 4.34. The monoisotopic (exact) mass is 377 g/mol. The molecule has 1 aliphatic rings. The summed E-state index contributed by atoms with van der Waals surface area (Å²) in [4.78, 5) is 27.3. The maximum Gasteiger partial charge on any atom is 0.269 e. The van der Waals surface area contributed by atoms with Crippen molar-refractivity contribution in [2.75, 3.05) is 24.5 Å². The zero-order valence-electron chi connectivity index (χ0n) is 16.3. The number of anilines is 1. The third kappa shape index (κ3) is 4.50. The molecule has 4 rings (SSSR count). The number of nitrogens with one attached hydrogen (secondary N) is 2. The molecule has 0 aliphatic heterocycles. The molecule has 6 nitrogen and oxygen atoms in total. The van der Waals surface area contributed by atoms with E-state index in [1.165, 1.54) is 12.8 Å². The van der Waals surface area contributed by atoms with Crippen molar-refractivity contribution in [2.45, 2.75) is 32.6 Å². The number of aromatic amines is 1. The molecule has 0 spiro atoms. The Morgan fingerprint density at radius 1 is 1.18 bits per heavy atom. The van der Waals surface area contributed by atoms with Crippen LogP contribution in [0.15, 0.2) is 42.5 Å². The van der Waals surface area contributed by atoms with Crippen LogP contribution in [0.1, 0.15) is 42.5 Å². The number of hydrogen-bond donors (Lipinski definition) is 2. The van der Waals surface area contributed by atoms with Crippen molar-refractivity contribution in [3.05, 3.63) is 54.0 Å². The van der Waals surface area contributed by atoms with Crippen LogP contribution in [0.5, 0.6) is 0 Å². The van der Waals surface area contributed by atoms with Gasteiger partial charge in [0.1, 0.15) is 17.3 Å². The van der Waals surface area contributed by atoms with E-state index < -0.39 is 0 Å². The van der Waals surface area contributed by atoms with Crippen LogP contribution in [0, 0.1) is 5.92 Å².